The van der Waals surface area contributed by atoms with Crippen molar-refractivity contribution in [3.63, 3.8) is 0 Å². The molecule has 0 saturated heterocycles. The van der Waals surface area contributed by atoms with Crippen molar-refractivity contribution in [1.82, 2.24) is 4.72 Å². The van der Waals surface area contributed by atoms with Crippen LogP contribution in [0.15, 0.2) is 0 Å². The highest BCUT2D eigenvalue weighted by atomic mass is 32.2. The van der Waals surface area contributed by atoms with Gasteiger partial charge in [0, 0.05) is 0 Å². The SMILES string of the molecule is CCCC[C@@H](C(=O)OC(C)CC)[C@@H](N[S@](=O)C(C)(C)C)C(F)(F)F. The largest absolute Gasteiger partial charge is 0.462 e. The van der Waals surface area contributed by atoms with Crippen molar-refractivity contribution in [3.05, 3.63) is 0 Å². The third kappa shape index (κ3) is 7.96. The van der Waals surface area contributed by atoms with E-state index in [9.17, 15) is 22.2 Å². The molecule has 0 amide bonds. The Morgan fingerprint density at radius 2 is 1.75 bits per heavy atom. The van der Waals surface area contributed by atoms with Gasteiger partial charge in [0.1, 0.15) is 6.04 Å². The second-order valence-corrected chi connectivity index (χ2v) is 8.92. The van der Waals surface area contributed by atoms with Gasteiger partial charge in [0.2, 0.25) is 0 Å². The van der Waals surface area contributed by atoms with E-state index in [-0.39, 0.29) is 6.42 Å². The highest BCUT2D eigenvalue weighted by Crippen LogP contribution is 2.31. The molecule has 0 aromatic carbocycles. The summed E-state index contributed by atoms with van der Waals surface area (Å²) < 4.78 is 59.1. The number of hydrogen-bond acceptors (Lipinski definition) is 3. The number of ether oxygens (including phenoxy) is 1. The Morgan fingerprint density at radius 1 is 1.21 bits per heavy atom. The number of esters is 1. The number of carbonyl (C=O) groups excluding carboxylic acids is 1. The van der Waals surface area contributed by atoms with Crippen LogP contribution < -0.4 is 4.72 Å². The Kier molecular flexibility index (Phi) is 9.49. The normalized spacial score (nSPS) is 17.9. The van der Waals surface area contributed by atoms with E-state index in [4.69, 9.17) is 4.74 Å². The van der Waals surface area contributed by atoms with Crippen LogP contribution in [0.4, 0.5) is 13.2 Å². The average Bonchev–Trinajstić information content (AvgIpc) is 2.43. The first-order chi connectivity index (χ1) is 10.8. The minimum absolute atomic E-state index is 0.0320. The zero-order valence-electron chi connectivity index (χ0n) is 15.3. The fourth-order valence-electron chi connectivity index (χ4n) is 1.88. The summed E-state index contributed by atoms with van der Waals surface area (Å²) in [5.74, 6) is -2.30. The lowest BCUT2D eigenvalue weighted by Gasteiger charge is -2.31. The van der Waals surface area contributed by atoms with Gasteiger partial charge in [-0.2, -0.15) is 13.2 Å². The van der Waals surface area contributed by atoms with Crippen molar-refractivity contribution in [2.24, 2.45) is 5.92 Å². The van der Waals surface area contributed by atoms with Gasteiger partial charge in [-0.05, 0) is 40.5 Å². The fourth-order valence-corrected chi connectivity index (χ4v) is 2.76. The second-order valence-electron chi connectivity index (χ2n) is 6.92. The molecule has 0 bridgehead atoms. The van der Waals surface area contributed by atoms with Crippen LogP contribution in [0.2, 0.25) is 0 Å². The second kappa shape index (κ2) is 9.75. The summed E-state index contributed by atoms with van der Waals surface area (Å²) in [6.45, 7) is 9.97. The first-order valence-corrected chi connectivity index (χ1v) is 9.44. The lowest BCUT2D eigenvalue weighted by Crippen LogP contribution is -2.54. The zero-order chi connectivity index (χ0) is 19.1. The molecule has 0 heterocycles. The predicted molar refractivity (Wildman–Crippen MR) is 89.7 cm³/mol. The van der Waals surface area contributed by atoms with E-state index < -0.39 is 45.9 Å². The first-order valence-electron chi connectivity index (χ1n) is 8.29. The minimum atomic E-state index is -4.70. The molecule has 0 aliphatic rings. The summed E-state index contributed by atoms with van der Waals surface area (Å²) >= 11 is 0. The van der Waals surface area contributed by atoms with E-state index >= 15 is 0 Å². The van der Waals surface area contributed by atoms with Gasteiger partial charge in [0.05, 0.1) is 27.8 Å². The smallest absolute Gasteiger partial charge is 0.405 e. The highest BCUT2D eigenvalue weighted by Gasteiger charge is 2.49. The van der Waals surface area contributed by atoms with Crippen molar-refractivity contribution in [1.29, 1.82) is 0 Å². The molecule has 4 atom stereocenters. The molecule has 8 heteroatoms. The zero-order valence-corrected chi connectivity index (χ0v) is 16.1. The Hall–Kier alpha value is -0.630. The Morgan fingerprint density at radius 3 is 2.12 bits per heavy atom. The quantitative estimate of drug-likeness (QED) is 0.619. The third-order valence-electron chi connectivity index (χ3n) is 3.61. The van der Waals surface area contributed by atoms with Gasteiger partial charge >= 0.3 is 12.1 Å². The molecule has 0 radical (unpaired) electrons. The summed E-state index contributed by atoms with van der Waals surface area (Å²) in [6.07, 6.45) is -3.50. The van der Waals surface area contributed by atoms with Crippen molar-refractivity contribution in [2.45, 2.75) is 90.3 Å². The summed E-state index contributed by atoms with van der Waals surface area (Å²) in [5, 5.41) is 0. The number of hydrogen-bond donors (Lipinski definition) is 1. The number of halogens is 3. The molecule has 0 aromatic rings. The monoisotopic (exact) mass is 373 g/mol. The maximum absolute atomic E-state index is 13.5. The van der Waals surface area contributed by atoms with Crippen molar-refractivity contribution < 1.29 is 26.9 Å². The van der Waals surface area contributed by atoms with Crippen LogP contribution in [0.1, 0.15) is 67.2 Å². The summed E-state index contributed by atoms with van der Waals surface area (Å²) in [4.78, 5) is 12.3. The first kappa shape index (κ1) is 23.4. The number of unbranched alkanes of at least 4 members (excludes halogenated alkanes) is 1. The predicted octanol–water partition coefficient (Wildman–Crippen LogP) is 4.12. The van der Waals surface area contributed by atoms with Crippen LogP contribution in [-0.2, 0) is 20.5 Å². The molecule has 0 rings (SSSR count). The van der Waals surface area contributed by atoms with E-state index in [2.05, 4.69) is 4.72 Å². The van der Waals surface area contributed by atoms with Gasteiger partial charge in [0.15, 0.2) is 0 Å². The molecular formula is C16H30F3NO3S. The van der Waals surface area contributed by atoms with E-state index in [0.717, 1.165) is 0 Å². The van der Waals surface area contributed by atoms with Gasteiger partial charge in [-0.25, -0.2) is 8.93 Å². The molecule has 4 nitrogen and oxygen atoms in total. The number of nitrogens with one attached hydrogen (secondary N) is 1. The summed E-state index contributed by atoms with van der Waals surface area (Å²) in [7, 11) is -1.95. The molecule has 0 aromatic heterocycles. The number of carbonyl (C=O) groups is 1. The highest BCUT2D eigenvalue weighted by molar-refractivity contribution is 7.84. The molecule has 0 aliphatic heterocycles. The van der Waals surface area contributed by atoms with Crippen LogP contribution in [0.5, 0.6) is 0 Å². The molecule has 144 valence electrons. The average molecular weight is 373 g/mol. The van der Waals surface area contributed by atoms with Gasteiger partial charge < -0.3 is 4.74 Å². The van der Waals surface area contributed by atoms with Gasteiger partial charge in [0.25, 0.3) is 0 Å². The van der Waals surface area contributed by atoms with Crippen LogP contribution in [-0.4, -0.2) is 33.2 Å². The molecular weight excluding hydrogens is 343 g/mol. The van der Waals surface area contributed by atoms with E-state index in [1.54, 1.807) is 34.6 Å². The van der Waals surface area contributed by atoms with Gasteiger partial charge in [-0.15, -0.1) is 0 Å². The van der Waals surface area contributed by atoms with Crippen LogP contribution in [0.25, 0.3) is 0 Å². The molecule has 24 heavy (non-hydrogen) atoms. The Balaban J connectivity index is 5.49. The minimum Gasteiger partial charge on any atom is -0.462 e. The summed E-state index contributed by atoms with van der Waals surface area (Å²) in [6, 6.07) is -2.19. The molecule has 0 spiro atoms. The Labute approximate surface area is 145 Å². The number of alkyl halides is 3. The van der Waals surface area contributed by atoms with E-state index in [0.29, 0.717) is 19.3 Å². The standard InChI is InChI=1S/C16H30F3NO3S/c1-7-9-10-12(14(21)23-11(3)8-2)13(16(17,18)19)20-24(22)15(4,5)6/h11-13,20H,7-10H2,1-6H3/t11?,12-,13-,24-/m1/s1. The maximum atomic E-state index is 13.5. The third-order valence-corrected chi connectivity index (χ3v) is 5.19. The van der Waals surface area contributed by atoms with Crippen LogP contribution >= 0.6 is 0 Å². The van der Waals surface area contributed by atoms with Crippen molar-refractivity contribution in [2.75, 3.05) is 0 Å². The van der Waals surface area contributed by atoms with E-state index in [1.807, 2.05) is 6.92 Å². The molecule has 1 N–H and O–H groups in total. The lowest BCUT2D eigenvalue weighted by atomic mass is 9.94. The van der Waals surface area contributed by atoms with Crippen molar-refractivity contribution >= 4 is 17.0 Å². The lowest BCUT2D eigenvalue weighted by molar-refractivity contribution is -0.182. The molecule has 0 aliphatic carbocycles. The van der Waals surface area contributed by atoms with Crippen LogP contribution in [0.3, 0.4) is 0 Å². The Bertz CT molecular complexity index is 422. The molecule has 1 unspecified atom stereocenters. The maximum Gasteiger partial charge on any atom is 0.405 e. The van der Waals surface area contributed by atoms with Gasteiger partial charge in [-0.1, -0.05) is 26.7 Å². The molecule has 0 fully saturated rings. The van der Waals surface area contributed by atoms with Crippen molar-refractivity contribution in [3.8, 4) is 0 Å². The molecule has 0 saturated carbocycles. The van der Waals surface area contributed by atoms with Gasteiger partial charge in [-0.3, -0.25) is 4.79 Å². The van der Waals surface area contributed by atoms with E-state index in [1.165, 1.54) is 0 Å². The number of rotatable bonds is 9. The summed E-state index contributed by atoms with van der Waals surface area (Å²) in [5.41, 5.74) is 0. The topological polar surface area (TPSA) is 55.4 Å². The van der Waals surface area contributed by atoms with Crippen LogP contribution in [0, 0.1) is 5.92 Å². The fraction of sp³-hybridized carbons (Fsp3) is 0.938.